The second kappa shape index (κ2) is 5.47. The number of nitrogens with two attached hydrogens (primary N) is 1. The molecule has 2 N–H and O–H groups in total. The van der Waals surface area contributed by atoms with Crippen LogP contribution in [-0.4, -0.2) is 30.8 Å². The lowest BCUT2D eigenvalue weighted by atomic mass is 9.93. The number of ether oxygens (including phenoxy) is 1. The highest BCUT2D eigenvalue weighted by Crippen LogP contribution is 2.32. The minimum absolute atomic E-state index is 0.0893. The monoisotopic (exact) mass is 278 g/mol. The minimum atomic E-state index is -0.0893. The van der Waals surface area contributed by atoms with Crippen LogP contribution in [0, 0.1) is 6.92 Å². The fraction of sp³-hybridized carbons (Fsp3) is 0.533. The topological polar surface area (TPSA) is 38.5 Å². The Morgan fingerprint density at radius 1 is 1.47 bits per heavy atom. The van der Waals surface area contributed by atoms with Crippen LogP contribution in [0.1, 0.15) is 30.9 Å². The maximum Gasteiger partial charge on any atom is 0.106 e. The van der Waals surface area contributed by atoms with Crippen LogP contribution >= 0.6 is 12.2 Å². The van der Waals surface area contributed by atoms with Gasteiger partial charge in [-0.05, 0) is 38.3 Å². The van der Waals surface area contributed by atoms with E-state index in [2.05, 4.69) is 24.8 Å². The summed E-state index contributed by atoms with van der Waals surface area (Å²) in [6.45, 7) is 6.18. The number of benzene rings is 1. The summed E-state index contributed by atoms with van der Waals surface area (Å²) in [6.07, 6.45) is 2.21. The highest BCUT2D eigenvalue weighted by molar-refractivity contribution is 7.80. The smallest absolute Gasteiger partial charge is 0.106 e. The van der Waals surface area contributed by atoms with Gasteiger partial charge in [0.2, 0.25) is 0 Å². The van der Waals surface area contributed by atoms with Gasteiger partial charge in [0.1, 0.15) is 4.99 Å². The molecule has 0 saturated carbocycles. The van der Waals surface area contributed by atoms with Crippen molar-refractivity contribution in [1.82, 2.24) is 0 Å². The summed E-state index contributed by atoms with van der Waals surface area (Å²) in [4.78, 5) is 2.82. The van der Waals surface area contributed by atoms with E-state index in [1.165, 1.54) is 5.56 Å². The van der Waals surface area contributed by atoms with Crippen LogP contribution in [0.2, 0.25) is 0 Å². The largest absolute Gasteiger partial charge is 0.389 e. The molecule has 1 saturated heterocycles. The van der Waals surface area contributed by atoms with Gasteiger partial charge >= 0.3 is 0 Å². The fourth-order valence-corrected chi connectivity index (χ4v) is 3.01. The zero-order chi connectivity index (χ0) is 14.0. The fourth-order valence-electron chi connectivity index (χ4n) is 2.84. The Morgan fingerprint density at radius 3 is 2.84 bits per heavy atom. The van der Waals surface area contributed by atoms with Crippen LogP contribution in [0.25, 0.3) is 0 Å². The van der Waals surface area contributed by atoms with Crippen molar-refractivity contribution in [2.24, 2.45) is 5.73 Å². The number of thiocarbonyl (C=S) groups is 1. The molecule has 4 heteroatoms. The molecule has 1 aromatic rings. The third-order valence-electron chi connectivity index (χ3n) is 3.97. The van der Waals surface area contributed by atoms with Gasteiger partial charge in [-0.15, -0.1) is 0 Å². The van der Waals surface area contributed by atoms with Crippen molar-refractivity contribution in [3.63, 3.8) is 0 Å². The highest BCUT2D eigenvalue weighted by atomic mass is 32.1. The Balaban J connectivity index is 2.38. The predicted octanol–water partition coefficient (Wildman–Crippen LogP) is 2.63. The van der Waals surface area contributed by atoms with Crippen LogP contribution < -0.4 is 10.6 Å². The molecule has 2 rings (SSSR count). The SMILES string of the molecule is COC1(C)CCCN(c2c(C)cccc2C(N)=S)C1. The molecule has 3 nitrogen and oxygen atoms in total. The lowest BCUT2D eigenvalue weighted by Crippen LogP contribution is -2.48. The first kappa shape index (κ1) is 14.3. The zero-order valence-corrected chi connectivity index (χ0v) is 12.7. The van der Waals surface area contributed by atoms with E-state index in [-0.39, 0.29) is 5.60 Å². The predicted molar refractivity (Wildman–Crippen MR) is 83.9 cm³/mol. The number of nitrogens with zero attached hydrogens (tertiary/aromatic N) is 1. The first-order chi connectivity index (χ1) is 8.97. The number of aryl methyl sites for hydroxylation is 1. The minimum Gasteiger partial charge on any atom is -0.389 e. The van der Waals surface area contributed by atoms with Crippen molar-refractivity contribution < 1.29 is 4.74 Å². The molecule has 1 unspecified atom stereocenters. The van der Waals surface area contributed by atoms with Gasteiger partial charge in [0.25, 0.3) is 0 Å². The first-order valence-corrected chi connectivity index (χ1v) is 7.07. The summed E-state index contributed by atoms with van der Waals surface area (Å²) in [5, 5.41) is 0. The number of piperidine rings is 1. The van der Waals surface area contributed by atoms with Gasteiger partial charge in [-0.25, -0.2) is 0 Å². The van der Waals surface area contributed by atoms with Gasteiger partial charge in [0, 0.05) is 31.5 Å². The molecular weight excluding hydrogens is 256 g/mol. The van der Waals surface area contributed by atoms with Gasteiger partial charge in [0.05, 0.1) is 5.60 Å². The Labute approximate surface area is 120 Å². The van der Waals surface area contributed by atoms with Crippen LogP contribution in [-0.2, 0) is 4.74 Å². The molecule has 1 heterocycles. The second-order valence-corrected chi connectivity index (χ2v) is 5.95. The average molecular weight is 278 g/mol. The summed E-state index contributed by atoms with van der Waals surface area (Å²) >= 11 is 5.18. The summed E-state index contributed by atoms with van der Waals surface area (Å²) in [7, 11) is 1.79. The van der Waals surface area contributed by atoms with E-state index in [1.807, 2.05) is 12.1 Å². The quantitative estimate of drug-likeness (QED) is 0.863. The molecule has 0 aliphatic carbocycles. The van der Waals surface area contributed by atoms with Crippen LogP contribution in [0.3, 0.4) is 0 Å². The van der Waals surface area contributed by atoms with Crippen molar-refractivity contribution in [3.8, 4) is 0 Å². The molecule has 19 heavy (non-hydrogen) atoms. The van der Waals surface area contributed by atoms with Gasteiger partial charge in [0.15, 0.2) is 0 Å². The van der Waals surface area contributed by atoms with Gasteiger partial charge in [-0.1, -0.05) is 24.4 Å². The number of anilines is 1. The van der Waals surface area contributed by atoms with Gasteiger partial charge in [-0.3, -0.25) is 0 Å². The van der Waals surface area contributed by atoms with E-state index >= 15 is 0 Å². The third-order valence-corrected chi connectivity index (χ3v) is 4.19. The van der Waals surface area contributed by atoms with Crippen LogP contribution in [0.4, 0.5) is 5.69 Å². The first-order valence-electron chi connectivity index (χ1n) is 6.66. The Bertz CT molecular complexity index is 489. The molecule has 0 bridgehead atoms. The third kappa shape index (κ3) is 2.90. The number of para-hydroxylation sites is 1. The van der Waals surface area contributed by atoms with Gasteiger partial charge in [-0.2, -0.15) is 0 Å². The summed E-state index contributed by atoms with van der Waals surface area (Å²) < 4.78 is 5.66. The number of rotatable bonds is 3. The van der Waals surface area contributed by atoms with Crippen molar-refractivity contribution in [2.45, 2.75) is 32.3 Å². The highest BCUT2D eigenvalue weighted by Gasteiger charge is 2.32. The molecule has 1 aliphatic heterocycles. The van der Waals surface area contributed by atoms with Crippen molar-refractivity contribution >= 4 is 22.9 Å². The summed E-state index contributed by atoms with van der Waals surface area (Å²) in [5.74, 6) is 0. The molecule has 0 radical (unpaired) electrons. The van der Waals surface area contributed by atoms with E-state index in [0.29, 0.717) is 4.99 Å². The molecule has 1 fully saturated rings. The van der Waals surface area contributed by atoms with Crippen molar-refractivity contribution in [3.05, 3.63) is 29.3 Å². The van der Waals surface area contributed by atoms with Crippen LogP contribution in [0.5, 0.6) is 0 Å². The molecule has 0 aromatic heterocycles. The summed E-state index contributed by atoms with van der Waals surface area (Å²) in [6, 6.07) is 6.12. The number of hydrogen-bond acceptors (Lipinski definition) is 3. The lowest BCUT2D eigenvalue weighted by Gasteiger charge is -2.41. The van der Waals surface area contributed by atoms with Gasteiger partial charge < -0.3 is 15.4 Å². The standard InChI is InChI=1S/C15H22N2OS/c1-11-6-4-7-12(14(16)19)13(11)17-9-5-8-15(2,10-17)18-3/h4,6-7H,5,8-10H2,1-3H3,(H2,16,19). The molecule has 1 aromatic carbocycles. The molecule has 104 valence electrons. The number of methoxy groups -OCH3 is 1. The van der Waals surface area contributed by atoms with Crippen LogP contribution in [0.15, 0.2) is 18.2 Å². The molecule has 0 amide bonds. The average Bonchev–Trinajstić information content (AvgIpc) is 2.38. The molecule has 1 atom stereocenters. The maximum absolute atomic E-state index is 5.86. The van der Waals surface area contributed by atoms with Crippen molar-refractivity contribution in [1.29, 1.82) is 0 Å². The second-order valence-electron chi connectivity index (χ2n) is 5.51. The zero-order valence-electron chi connectivity index (χ0n) is 11.9. The Morgan fingerprint density at radius 2 is 2.21 bits per heavy atom. The maximum atomic E-state index is 5.86. The normalized spacial score (nSPS) is 23.4. The summed E-state index contributed by atoms with van der Waals surface area (Å²) in [5.41, 5.74) is 9.12. The number of hydrogen-bond donors (Lipinski definition) is 1. The van der Waals surface area contributed by atoms with E-state index in [0.717, 1.165) is 37.2 Å². The van der Waals surface area contributed by atoms with Crippen molar-refractivity contribution in [2.75, 3.05) is 25.1 Å². The van der Waals surface area contributed by atoms with E-state index < -0.39 is 0 Å². The Hall–Kier alpha value is -1.13. The lowest BCUT2D eigenvalue weighted by molar-refractivity contribution is -0.00467. The van der Waals surface area contributed by atoms with E-state index in [4.69, 9.17) is 22.7 Å². The molecular formula is C15H22N2OS. The Kier molecular flexibility index (Phi) is 4.11. The van der Waals surface area contributed by atoms with E-state index in [1.54, 1.807) is 7.11 Å². The van der Waals surface area contributed by atoms with E-state index in [9.17, 15) is 0 Å². The molecule has 0 spiro atoms. The molecule has 1 aliphatic rings.